The molecule has 1 unspecified atom stereocenters. The highest BCUT2D eigenvalue weighted by molar-refractivity contribution is 6.08. The van der Waals surface area contributed by atoms with E-state index in [1.807, 2.05) is 0 Å². The van der Waals surface area contributed by atoms with Crippen LogP contribution in [0.2, 0.25) is 4.55 Å². The van der Waals surface area contributed by atoms with Crippen molar-refractivity contribution in [1.82, 2.24) is 0 Å². The first-order valence-corrected chi connectivity index (χ1v) is 8.40. The summed E-state index contributed by atoms with van der Waals surface area (Å²) >= 11 is 2.11. The van der Waals surface area contributed by atoms with Crippen molar-refractivity contribution >= 4 is 21.7 Å². The molecule has 0 aliphatic heterocycles. The standard InChI is InChI=1S/C16H27.Mg/c1-5-9-10-16(8-4)12-14(6-2)11-15(7-3)13-16;/h11-12H,1,5-10,13H2,2-4H3;. The van der Waals surface area contributed by atoms with Crippen LogP contribution in [0.5, 0.6) is 0 Å². The van der Waals surface area contributed by atoms with Gasteiger partial charge in [-0.05, 0) is 37.5 Å². The molecule has 0 bridgehead atoms. The van der Waals surface area contributed by atoms with Gasteiger partial charge in [0.2, 0.25) is 21.7 Å². The van der Waals surface area contributed by atoms with Crippen LogP contribution in [-0.2, 0) is 0 Å². The van der Waals surface area contributed by atoms with E-state index in [1.54, 1.807) is 11.1 Å². The number of unbranched alkanes of at least 4 members (excludes halogenated alkanes) is 1. The van der Waals surface area contributed by atoms with Crippen LogP contribution in [0.4, 0.5) is 0 Å². The zero-order chi connectivity index (χ0) is 12.7. The summed E-state index contributed by atoms with van der Waals surface area (Å²) in [7, 11) is 0. The Labute approximate surface area is 120 Å². The topological polar surface area (TPSA) is 0 Å². The molecule has 1 aliphatic carbocycles. The summed E-state index contributed by atoms with van der Waals surface area (Å²) in [5, 5.41) is 0. The Morgan fingerprint density at radius 1 is 1.18 bits per heavy atom. The second-order valence-electron chi connectivity index (χ2n) is 5.43. The quantitative estimate of drug-likeness (QED) is 0.425. The van der Waals surface area contributed by atoms with Gasteiger partial charge < -0.3 is 0 Å². The second kappa shape index (κ2) is 7.63. The van der Waals surface area contributed by atoms with Crippen LogP contribution in [0.1, 0.15) is 65.7 Å². The molecule has 0 saturated carbocycles. The lowest BCUT2D eigenvalue weighted by molar-refractivity contribution is 0.314. The lowest BCUT2D eigenvalue weighted by atomic mass is 9.70. The van der Waals surface area contributed by atoms with Gasteiger partial charge >= 0.3 is 0 Å². The van der Waals surface area contributed by atoms with Crippen LogP contribution in [0.15, 0.2) is 23.3 Å². The molecule has 93 valence electrons. The van der Waals surface area contributed by atoms with Crippen molar-refractivity contribution in [2.24, 2.45) is 5.41 Å². The smallest absolute Gasteiger partial charge is 0.177 e. The summed E-state index contributed by atoms with van der Waals surface area (Å²) in [6, 6.07) is 0. The van der Waals surface area contributed by atoms with Crippen molar-refractivity contribution in [3.05, 3.63) is 23.3 Å². The van der Waals surface area contributed by atoms with Gasteiger partial charge in [0.1, 0.15) is 0 Å². The fourth-order valence-corrected chi connectivity index (χ4v) is 3.25. The lowest BCUT2D eigenvalue weighted by Gasteiger charge is -2.35. The first-order valence-electron chi connectivity index (χ1n) is 7.40. The number of allylic oxidation sites excluding steroid dienone is 4. The molecule has 0 aromatic carbocycles. The molecule has 1 aliphatic rings. The van der Waals surface area contributed by atoms with Gasteiger partial charge in [-0.15, -0.1) is 0 Å². The molecule has 0 amide bonds. The van der Waals surface area contributed by atoms with Crippen LogP contribution in [0.25, 0.3) is 0 Å². The van der Waals surface area contributed by atoms with Crippen LogP contribution >= 0.6 is 0 Å². The van der Waals surface area contributed by atoms with Crippen LogP contribution in [-0.4, -0.2) is 21.7 Å². The first-order chi connectivity index (χ1) is 8.19. The monoisotopic (exact) mass is 243 g/mol. The van der Waals surface area contributed by atoms with Crippen molar-refractivity contribution in [2.75, 3.05) is 0 Å². The predicted molar refractivity (Wildman–Crippen MR) is 78.5 cm³/mol. The van der Waals surface area contributed by atoms with Gasteiger partial charge in [-0.2, -0.15) is 4.55 Å². The SMILES string of the molecule is CCC1=CC(CC)(CCC[CH2][Mg])CC(CC)=C1. The Morgan fingerprint density at radius 3 is 2.47 bits per heavy atom. The molecule has 0 saturated heterocycles. The van der Waals surface area contributed by atoms with Gasteiger partial charge in [0, 0.05) is 0 Å². The molecule has 0 nitrogen and oxygen atoms in total. The van der Waals surface area contributed by atoms with E-state index in [0.717, 1.165) is 0 Å². The average molecular weight is 244 g/mol. The largest absolute Gasteiger partial charge is 0.222 e. The lowest BCUT2D eigenvalue weighted by Crippen LogP contribution is -2.21. The summed E-state index contributed by atoms with van der Waals surface area (Å²) < 4.78 is 1.36. The zero-order valence-electron chi connectivity index (χ0n) is 12.0. The molecule has 17 heavy (non-hydrogen) atoms. The van der Waals surface area contributed by atoms with Crippen molar-refractivity contribution in [3.63, 3.8) is 0 Å². The molecule has 1 rings (SSSR count). The Kier molecular flexibility index (Phi) is 6.87. The highest BCUT2D eigenvalue weighted by atomic mass is 24.4. The summed E-state index contributed by atoms with van der Waals surface area (Å²) in [6.07, 6.45) is 14.3. The molecular weight excluding hydrogens is 216 g/mol. The maximum Gasteiger partial charge on any atom is 0.222 e. The van der Waals surface area contributed by atoms with Gasteiger partial charge in [-0.1, -0.05) is 56.9 Å². The molecule has 0 N–H and O–H groups in total. The molecule has 0 heterocycles. The molecule has 0 fully saturated rings. The van der Waals surface area contributed by atoms with Crippen molar-refractivity contribution in [1.29, 1.82) is 0 Å². The zero-order valence-corrected chi connectivity index (χ0v) is 13.4. The van der Waals surface area contributed by atoms with E-state index >= 15 is 0 Å². The Morgan fingerprint density at radius 2 is 1.94 bits per heavy atom. The maximum atomic E-state index is 2.60. The Balaban J connectivity index is 2.77. The molecule has 0 spiro atoms. The van der Waals surface area contributed by atoms with Crippen molar-refractivity contribution in [2.45, 2.75) is 70.3 Å². The predicted octanol–water partition coefficient (Wildman–Crippen LogP) is 5.22. The first kappa shape index (κ1) is 15.3. The van der Waals surface area contributed by atoms with E-state index in [9.17, 15) is 0 Å². The summed E-state index contributed by atoms with van der Waals surface area (Å²) in [6.45, 7) is 6.96. The van der Waals surface area contributed by atoms with Gasteiger partial charge in [0.05, 0.1) is 0 Å². The van der Waals surface area contributed by atoms with Crippen molar-refractivity contribution < 1.29 is 0 Å². The van der Waals surface area contributed by atoms with Gasteiger partial charge in [-0.3, -0.25) is 0 Å². The second-order valence-corrected chi connectivity index (χ2v) is 6.14. The number of hydrogen-bond acceptors (Lipinski definition) is 0. The fourth-order valence-electron chi connectivity index (χ4n) is 2.90. The molecular formula is C16H27Mg. The minimum Gasteiger partial charge on any atom is -0.177 e. The molecule has 0 aromatic heterocycles. The highest BCUT2D eigenvalue weighted by Crippen LogP contribution is 2.42. The Bertz CT molecular complexity index is 288. The van der Waals surface area contributed by atoms with Crippen LogP contribution < -0.4 is 0 Å². The highest BCUT2D eigenvalue weighted by Gasteiger charge is 2.28. The molecule has 1 heteroatoms. The summed E-state index contributed by atoms with van der Waals surface area (Å²) in [5.74, 6) is 0. The normalized spacial score (nSPS) is 24.4. The van der Waals surface area contributed by atoms with Gasteiger partial charge in [-0.25, -0.2) is 0 Å². The average Bonchev–Trinajstić information content (AvgIpc) is 2.38. The van der Waals surface area contributed by atoms with E-state index < -0.39 is 0 Å². The molecule has 0 aromatic rings. The molecule has 1 radical (unpaired) electrons. The number of rotatable bonds is 7. The summed E-state index contributed by atoms with van der Waals surface area (Å²) in [5.41, 5.74) is 3.74. The van der Waals surface area contributed by atoms with E-state index in [1.165, 1.54) is 49.5 Å². The minimum atomic E-state index is 0.490. The van der Waals surface area contributed by atoms with Gasteiger partial charge in [0.15, 0.2) is 0 Å². The van der Waals surface area contributed by atoms with Gasteiger partial charge in [0.25, 0.3) is 0 Å². The van der Waals surface area contributed by atoms with E-state index in [0.29, 0.717) is 5.41 Å². The van der Waals surface area contributed by atoms with Crippen molar-refractivity contribution in [3.8, 4) is 0 Å². The van der Waals surface area contributed by atoms with Crippen LogP contribution in [0, 0.1) is 5.41 Å². The molecule has 1 atom stereocenters. The van der Waals surface area contributed by atoms with E-state index in [-0.39, 0.29) is 0 Å². The third-order valence-electron chi connectivity index (χ3n) is 4.20. The summed E-state index contributed by atoms with van der Waals surface area (Å²) in [4.78, 5) is 0. The third kappa shape index (κ3) is 4.44. The fraction of sp³-hybridized carbons (Fsp3) is 0.750. The maximum absolute atomic E-state index is 2.60. The van der Waals surface area contributed by atoms with E-state index in [4.69, 9.17) is 0 Å². The number of hydrogen-bond donors (Lipinski definition) is 0. The van der Waals surface area contributed by atoms with Crippen LogP contribution in [0.3, 0.4) is 0 Å². The minimum absolute atomic E-state index is 0.490. The van der Waals surface area contributed by atoms with E-state index in [2.05, 4.69) is 54.6 Å². The third-order valence-corrected chi connectivity index (χ3v) is 4.70. The Hall–Kier alpha value is 0.246.